The Labute approximate surface area is 167 Å². The van der Waals surface area contributed by atoms with Gasteiger partial charge in [0.05, 0.1) is 13.1 Å². The monoisotopic (exact) mass is 384 g/mol. The summed E-state index contributed by atoms with van der Waals surface area (Å²) in [5, 5.41) is 15.1. The molecule has 1 aromatic carbocycles. The van der Waals surface area contributed by atoms with Crippen molar-refractivity contribution in [3.05, 3.63) is 42.0 Å². The number of rotatable bonds is 9. The molecule has 1 aliphatic rings. The average molecular weight is 385 g/mol. The summed E-state index contributed by atoms with van der Waals surface area (Å²) in [6, 6.07) is 8.65. The van der Waals surface area contributed by atoms with Crippen LogP contribution < -0.4 is 15.4 Å². The Bertz CT molecular complexity index is 734. The van der Waals surface area contributed by atoms with Crippen molar-refractivity contribution in [2.45, 2.75) is 58.5 Å². The zero-order chi connectivity index (χ0) is 19.6. The van der Waals surface area contributed by atoms with E-state index in [0.717, 1.165) is 30.5 Å². The highest BCUT2D eigenvalue weighted by molar-refractivity contribution is 5.80. The number of ether oxygens (including phenoxy) is 1. The largest absolute Gasteiger partial charge is 0.492 e. The number of aromatic nitrogens is 3. The lowest BCUT2D eigenvalue weighted by Crippen LogP contribution is -2.44. The Morgan fingerprint density at radius 1 is 1.25 bits per heavy atom. The molecular formula is C21H32N6O. The molecule has 0 atom stereocenters. The highest BCUT2D eigenvalue weighted by Gasteiger charge is 2.16. The van der Waals surface area contributed by atoms with E-state index in [2.05, 4.69) is 51.4 Å². The summed E-state index contributed by atoms with van der Waals surface area (Å²) in [6.07, 6.45) is 7.68. The number of aliphatic imine (C=N–C) groups is 1. The molecule has 28 heavy (non-hydrogen) atoms. The van der Waals surface area contributed by atoms with E-state index in [1.807, 2.05) is 12.1 Å². The maximum Gasteiger partial charge on any atom is 0.191 e. The van der Waals surface area contributed by atoms with Gasteiger partial charge in [-0.3, -0.25) is 4.99 Å². The Hall–Kier alpha value is -2.57. The summed E-state index contributed by atoms with van der Waals surface area (Å²) < 4.78 is 7.88. The van der Waals surface area contributed by atoms with Crippen molar-refractivity contribution in [3.8, 4) is 5.75 Å². The number of benzene rings is 1. The fourth-order valence-corrected chi connectivity index (χ4v) is 3.40. The molecule has 0 saturated heterocycles. The second kappa shape index (κ2) is 10.7. The second-order valence-electron chi connectivity index (χ2n) is 7.24. The van der Waals surface area contributed by atoms with Gasteiger partial charge in [0.15, 0.2) is 5.96 Å². The van der Waals surface area contributed by atoms with Crippen LogP contribution in [0.25, 0.3) is 0 Å². The zero-order valence-electron chi connectivity index (χ0n) is 17.0. The molecule has 3 rings (SSSR count). The van der Waals surface area contributed by atoms with Crippen molar-refractivity contribution in [2.75, 3.05) is 19.7 Å². The third-order valence-electron chi connectivity index (χ3n) is 5.00. The van der Waals surface area contributed by atoms with Gasteiger partial charge in [-0.2, -0.15) is 0 Å². The highest BCUT2D eigenvalue weighted by Crippen LogP contribution is 2.17. The van der Waals surface area contributed by atoms with E-state index >= 15 is 0 Å². The quantitative estimate of drug-likeness (QED) is 0.395. The van der Waals surface area contributed by atoms with Crippen molar-refractivity contribution in [2.24, 2.45) is 4.99 Å². The van der Waals surface area contributed by atoms with Crippen LogP contribution in [0.5, 0.6) is 5.75 Å². The van der Waals surface area contributed by atoms with Crippen LogP contribution >= 0.6 is 0 Å². The maximum absolute atomic E-state index is 5.81. The molecule has 7 heteroatoms. The Balaban J connectivity index is 1.48. The molecule has 1 heterocycles. The molecule has 0 bridgehead atoms. The van der Waals surface area contributed by atoms with Gasteiger partial charge >= 0.3 is 0 Å². The number of aryl methyl sites for hydroxylation is 2. The molecule has 0 spiro atoms. The molecule has 1 saturated carbocycles. The van der Waals surface area contributed by atoms with Crippen LogP contribution in [0.4, 0.5) is 0 Å². The van der Waals surface area contributed by atoms with Gasteiger partial charge in [0.25, 0.3) is 0 Å². The van der Waals surface area contributed by atoms with E-state index in [1.54, 1.807) is 6.33 Å². The van der Waals surface area contributed by atoms with Crippen LogP contribution in [0.2, 0.25) is 0 Å². The van der Waals surface area contributed by atoms with Gasteiger partial charge < -0.3 is 19.9 Å². The van der Waals surface area contributed by atoms with Crippen molar-refractivity contribution >= 4 is 5.96 Å². The maximum atomic E-state index is 5.81. The predicted octanol–water partition coefficient (Wildman–Crippen LogP) is 2.71. The summed E-state index contributed by atoms with van der Waals surface area (Å²) >= 11 is 0. The molecule has 0 radical (unpaired) electrons. The van der Waals surface area contributed by atoms with Crippen molar-refractivity contribution in [1.82, 2.24) is 25.4 Å². The fourth-order valence-electron chi connectivity index (χ4n) is 3.40. The van der Waals surface area contributed by atoms with Gasteiger partial charge in [-0.25, -0.2) is 0 Å². The highest BCUT2D eigenvalue weighted by atomic mass is 16.5. The molecule has 1 aromatic heterocycles. The lowest BCUT2D eigenvalue weighted by atomic mass is 10.2. The standard InChI is InChI=1S/C21H32N6O/c1-3-20-26-24-16-27(20)14-12-22-21(25-18-6-4-5-7-18)23-13-15-28-19-10-8-17(2)9-11-19/h8-11,16,18H,3-7,12-15H2,1-2H3,(H2,22,23,25). The summed E-state index contributed by atoms with van der Waals surface area (Å²) in [7, 11) is 0. The molecule has 2 aromatic rings. The first-order valence-electron chi connectivity index (χ1n) is 10.4. The molecule has 7 nitrogen and oxygen atoms in total. The first-order valence-corrected chi connectivity index (χ1v) is 10.4. The number of hydrogen-bond donors (Lipinski definition) is 2. The zero-order valence-corrected chi connectivity index (χ0v) is 17.0. The molecule has 2 N–H and O–H groups in total. The number of nitrogens with one attached hydrogen (secondary N) is 2. The van der Waals surface area contributed by atoms with Crippen LogP contribution in [0.3, 0.4) is 0 Å². The minimum atomic E-state index is 0.519. The van der Waals surface area contributed by atoms with Gasteiger partial charge in [0, 0.05) is 19.0 Å². The summed E-state index contributed by atoms with van der Waals surface area (Å²) in [6.45, 7) is 6.94. The molecule has 0 amide bonds. The SMILES string of the molecule is CCc1nncn1CCN=C(NCCOc1ccc(C)cc1)NC1CCCC1. The normalized spacial score (nSPS) is 15.0. The van der Waals surface area contributed by atoms with Crippen molar-refractivity contribution < 1.29 is 4.74 Å². The first-order chi connectivity index (χ1) is 13.7. The van der Waals surface area contributed by atoms with Gasteiger partial charge in [-0.1, -0.05) is 37.5 Å². The molecule has 0 aliphatic heterocycles. The van der Waals surface area contributed by atoms with Gasteiger partial charge in [0.2, 0.25) is 0 Å². The molecule has 1 fully saturated rings. The minimum Gasteiger partial charge on any atom is -0.492 e. The van der Waals surface area contributed by atoms with E-state index in [1.165, 1.54) is 31.2 Å². The second-order valence-corrected chi connectivity index (χ2v) is 7.24. The van der Waals surface area contributed by atoms with Crippen LogP contribution in [0, 0.1) is 6.92 Å². The summed E-state index contributed by atoms with van der Waals surface area (Å²) in [4.78, 5) is 4.76. The van der Waals surface area contributed by atoms with Crippen LogP contribution in [0.1, 0.15) is 44.0 Å². The smallest absolute Gasteiger partial charge is 0.191 e. The summed E-state index contributed by atoms with van der Waals surface area (Å²) in [5.74, 6) is 2.76. The van der Waals surface area contributed by atoms with Gasteiger partial charge in [-0.15, -0.1) is 10.2 Å². The molecular weight excluding hydrogens is 352 g/mol. The fraction of sp³-hybridized carbons (Fsp3) is 0.571. The molecule has 0 unspecified atom stereocenters. The van der Waals surface area contributed by atoms with Crippen LogP contribution in [-0.4, -0.2) is 46.5 Å². The van der Waals surface area contributed by atoms with Gasteiger partial charge in [-0.05, 0) is 31.9 Å². The Morgan fingerprint density at radius 3 is 2.79 bits per heavy atom. The van der Waals surface area contributed by atoms with Crippen LogP contribution in [-0.2, 0) is 13.0 Å². The topological polar surface area (TPSA) is 76.4 Å². The average Bonchev–Trinajstić information content (AvgIpc) is 3.38. The molecule has 152 valence electrons. The van der Waals surface area contributed by atoms with E-state index in [0.29, 0.717) is 25.7 Å². The Morgan fingerprint density at radius 2 is 2.04 bits per heavy atom. The predicted molar refractivity (Wildman–Crippen MR) is 112 cm³/mol. The Kier molecular flexibility index (Phi) is 7.70. The number of guanidine groups is 1. The lowest BCUT2D eigenvalue weighted by Gasteiger charge is -2.18. The third-order valence-corrected chi connectivity index (χ3v) is 5.00. The van der Waals surface area contributed by atoms with Crippen molar-refractivity contribution in [3.63, 3.8) is 0 Å². The summed E-state index contributed by atoms with van der Waals surface area (Å²) in [5.41, 5.74) is 1.24. The van der Waals surface area contributed by atoms with E-state index < -0.39 is 0 Å². The van der Waals surface area contributed by atoms with Crippen LogP contribution in [0.15, 0.2) is 35.6 Å². The van der Waals surface area contributed by atoms with E-state index in [9.17, 15) is 0 Å². The van der Waals surface area contributed by atoms with Gasteiger partial charge in [0.1, 0.15) is 24.5 Å². The number of nitrogens with zero attached hydrogens (tertiary/aromatic N) is 4. The minimum absolute atomic E-state index is 0.519. The lowest BCUT2D eigenvalue weighted by molar-refractivity contribution is 0.321. The third kappa shape index (κ3) is 6.25. The first kappa shape index (κ1) is 20.2. The molecule has 1 aliphatic carbocycles. The number of hydrogen-bond acceptors (Lipinski definition) is 4. The van der Waals surface area contributed by atoms with Crippen molar-refractivity contribution in [1.29, 1.82) is 0 Å². The van der Waals surface area contributed by atoms with E-state index in [4.69, 9.17) is 9.73 Å². The van der Waals surface area contributed by atoms with E-state index in [-0.39, 0.29) is 0 Å².